The third-order valence-corrected chi connectivity index (χ3v) is 6.59. The number of hydrogen-bond donors (Lipinski definition) is 1. The van der Waals surface area contributed by atoms with Crippen LogP contribution in [0.4, 0.5) is 10.6 Å². The molecule has 4 rings (SSSR count). The Hall–Kier alpha value is -3.72. The molecule has 0 bridgehead atoms. The number of fused-ring (bicyclic) bond motifs is 2. The number of rotatable bonds is 6. The maximum Gasteiger partial charge on any atom is 0.419 e. The molecule has 0 spiro atoms. The summed E-state index contributed by atoms with van der Waals surface area (Å²) in [5, 5.41) is 9.11. The van der Waals surface area contributed by atoms with Crippen molar-refractivity contribution in [1.82, 2.24) is 24.2 Å². The second kappa shape index (κ2) is 9.97. The molecule has 9 nitrogen and oxygen atoms in total. The lowest BCUT2D eigenvalue weighted by Crippen LogP contribution is -2.31. The Morgan fingerprint density at radius 2 is 1.86 bits per heavy atom. The van der Waals surface area contributed by atoms with E-state index in [2.05, 4.69) is 34.1 Å². The van der Waals surface area contributed by atoms with E-state index in [1.54, 1.807) is 27.6 Å². The number of aryl methyl sites for hydroxylation is 2. The van der Waals surface area contributed by atoms with Crippen LogP contribution in [0.5, 0.6) is 0 Å². The summed E-state index contributed by atoms with van der Waals surface area (Å²) < 4.78 is 9.15. The molecule has 4 aromatic rings. The molecule has 0 fully saturated rings. The van der Waals surface area contributed by atoms with Gasteiger partial charge in [0.15, 0.2) is 0 Å². The number of carbonyl (C=O) groups is 2. The Morgan fingerprint density at radius 1 is 1.14 bits per heavy atom. The SMILES string of the molecule is CCC(c1cc2cnc(NC(=O)c3ccc4c(C)nn(C)c4c3)cc2n1C(=O)OC(C)(C)C)N(C)CC. The van der Waals surface area contributed by atoms with Gasteiger partial charge in [-0.2, -0.15) is 5.10 Å². The highest BCUT2D eigenvalue weighted by atomic mass is 16.6. The van der Waals surface area contributed by atoms with Crippen molar-refractivity contribution in [3.63, 3.8) is 0 Å². The zero-order chi connectivity index (χ0) is 27.1. The molecular weight excluding hydrogens is 468 g/mol. The molecule has 0 saturated carbocycles. The van der Waals surface area contributed by atoms with Gasteiger partial charge in [-0.25, -0.2) is 14.3 Å². The minimum atomic E-state index is -0.657. The molecule has 0 radical (unpaired) electrons. The van der Waals surface area contributed by atoms with Gasteiger partial charge >= 0.3 is 6.09 Å². The van der Waals surface area contributed by atoms with Crippen LogP contribution in [0.3, 0.4) is 0 Å². The van der Waals surface area contributed by atoms with E-state index >= 15 is 0 Å². The van der Waals surface area contributed by atoms with Crippen molar-refractivity contribution in [3.05, 3.63) is 53.5 Å². The average molecular weight is 505 g/mol. The summed E-state index contributed by atoms with van der Waals surface area (Å²) in [6, 6.07) is 9.22. The predicted octanol–water partition coefficient (Wildman–Crippen LogP) is 5.67. The lowest BCUT2D eigenvalue weighted by molar-refractivity contribution is 0.0532. The molecule has 1 amide bonds. The van der Waals surface area contributed by atoms with E-state index in [4.69, 9.17) is 4.74 Å². The molecule has 1 N–H and O–H groups in total. The van der Waals surface area contributed by atoms with E-state index in [-0.39, 0.29) is 11.9 Å². The van der Waals surface area contributed by atoms with Crippen LogP contribution in [0.1, 0.15) is 68.8 Å². The van der Waals surface area contributed by atoms with Gasteiger partial charge in [0.1, 0.15) is 11.4 Å². The molecule has 0 saturated heterocycles. The summed E-state index contributed by atoms with van der Waals surface area (Å²) in [6.07, 6.45) is 2.04. The number of aromatic nitrogens is 4. The first-order chi connectivity index (χ1) is 17.4. The number of anilines is 1. The summed E-state index contributed by atoms with van der Waals surface area (Å²) >= 11 is 0. The van der Waals surface area contributed by atoms with Crippen LogP contribution < -0.4 is 5.32 Å². The first kappa shape index (κ1) is 26.3. The number of nitrogens with one attached hydrogen (secondary N) is 1. The predicted molar refractivity (Wildman–Crippen MR) is 146 cm³/mol. The first-order valence-electron chi connectivity index (χ1n) is 12.6. The van der Waals surface area contributed by atoms with Crippen molar-refractivity contribution >= 4 is 39.6 Å². The number of pyridine rings is 1. The van der Waals surface area contributed by atoms with Crippen LogP contribution in [0.25, 0.3) is 21.8 Å². The highest BCUT2D eigenvalue weighted by Gasteiger charge is 2.27. The van der Waals surface area contributed by atoms with Crippen molar-refractivity contribution in [3.8, 4) is 0 Å². The van der Waals surface area contributed by atoms with Crippen molar-refractivity contribution in [2.45, 2.75) is 59.6 Å². The highest BCUT2D eigenvalue weighted by Crippen LogP contribution is 2.31. The number of benzene rings is 1. The van der Waals surface area contributed by atoms with Crippen LogP contribution in [0.2, 0.25) is 0 Å². The van der Waals surface area contributed by atoms with E-state index in [0.717, 1.165) is 40.6 Å². The average Bonchev–Trinajstić information content (AvgIpc) is 3.34. The molecule has 1 atom stereocenters. The molecule has 0 aliphatic carbocycles. The van der Waals surface area contributed by atoms with E-state index < -0.39 is 11.7 Å². The summed E-state index contributed by atoms with van der Waals surface area (Å²) in [7, 11) is 3.89. The van der Waals surface area contributed by atoms with Crippen molar-refractivity contribution < 1.29 is 14.3 Å². The first-order valence-corrected chi connectivity index (χ1v) is 12.6. The van der Waals surface area contributed by atoms with E-state index in [1.165, 1.54) is 0 Å². The summed E-state index contributed by atoms with van der Waals surface area (Å²) in [5.74, 6) is 0.0606. The van der Waals surface area contributed by atoms with Gasteiger partial charge in [0.25, 0.3) is 5.91 Å². The molecule has 196 valence electrons. The second-order valence-electron chi connectivity index (χ2n) is 10.4. The molecule has 1 aromatic carbocycles. The van der Waals surface area contributed by atoms with Crippen molar-refractivity contribution in [1.29, 1.82) is 0 Å². The molecular formula is C28H36N6O3. The van der Waals surface area contributed by atoms with Crippen molar-refractivity contribution in [2.24, 2.45) is 7.05 Å². The van der Waals surface area contributed by atoms with Crippen LogP contribution in [-0.4, -0.2) is 55.4 Å². The summed E-state index contributed by atoms with van der Waals surface area (Å²) in [6.45, 7) is 12.5. The molecule has 3 aromatic heterocycles. The zero-order valence-electron chi connectivity index (χ0n) is 22.9. The lowest BCUT2D eigenvalue weighted by atomic mass is 10.1. The van der Waals surface area contributed by atoms with E-state index in [1.807, 2.05) is 60.0 Å². The molecule has 3 heterocycles. The Kier molecular flexibility index (Phi) is 7.10. The number of nitrogens with zero attached hydrogens (tertiary/aromatic N) is 5. The summed E-state index contributed by atoms with van der Waals surface area (Å²) in [4.78, 5) is 33.2. The molecule has 0 aliphatic heterocycles. The van der Waals surface area contributed by atoms with Crippen LogP contribution in [0.15, 0.2) is 36.5 Å². The van der Waals surface area contributed by atoms with Gasteiger partial charge in [-0.05, 0) is 65.9 Å². The smallest absolute Gasteiger partial charge is 0.419 e. The maximum absolute atomic E-state index is 13.4. The number of carbonyl (C=O) groups excluding carboxylic acids is 2. The fourth-order valence-electron chi connectivity index (χ4n) is 4.68. The van der Waals surface area contributed by atoms with Gasteiger partial charge in [0.2, 0.25) is 0 Å². The Bertz CT molecular complexity index is 1480. The van der Waals surface area contributed by atoms with Crippen LogP contribution in [-0.2, 0) is 11.8 Å². The number of hydrogen-bond acceptors (Lipinski definition) is 6. The van der Waals surface area contributed by atoms with Gasteiger partial charge in [0, 0.05) is 41.3 Å². The molecule has 37 heavy (non-hydrogen) atoms. The highest BCUT2D eigenvalue weighted by molar-refractivity contribution is 6.06. The fraction of sp³-hybridized carbons (Fsp3) is 0.429. The third kappa shape index (κ3) is 5.22. The number of amides is 1. The molecule has 9 heteroatoms. The Balaban J connectivity index is 1.75. The van der Waals surface area contributed by atoms with Gasteiger partial charge in [-0.1, -0.05) is 19.9 Å². The van der Waals surface area contributed by atoms with E-state index in [0.29, 0.717) is 16.9 Å². The lowest BCUT2D eigenvalue weighted by Gasteiger charge is -2.28. The van der Waals surface area contributed by atoms with Crippen LogP contribution in [0, 0.1) is 6.92 Å². The van der Waals surface area contributed by atoms with E-state index in [9.17, 15) is 9.59 Å². The van der Waals surface area contributed by atoms with Gasteiger partial charge in [-0.15, -0.1) is 0 Å². The molecule has 0 aliphatic rings. The quantitative estimate of drug-likeness (QED) is 0.364. The monoisotopic (exact) mass is 504 g/mol. The Morgan fingerprint density at radius 3 is 2.51 bits per heavy atom. The normalized spacial score (nSPS) is 12.9. The number of ether oxygens (including phenoxy) is 1. The maximum atomic E-state index is 13.4. The van der Waals surface area contributed by atoms with Gasteiger partial charge in [-0.3, -0.25) is 14.4 Å². The van der Waals surface area contributed by atoms with Crippen molar-refractivity contribution in [2.75, 3.05) is 18.9 Å². The second-order valence-corrected chi connectivity index (χ2v) is 10.4. The standard InChI is InChI=1S/C28H36N6O3/c1-9-21(32(7)10-2)24-14-19-16-29-25(15-22(19)34(24)27(36)37-28(4,5)6)30-26(35)18-11-12-20-17(3)31-33(8)23(20)13-18/h11-16,21H,9-10H2,1-8H3,(H,29,30,35). The minimum absolute atomic E-state index is 0.0111. The Labute approximate surface area is 217 Å². The third-order valence-electron chi connectivity index (χ3n) is 6.59. The molecule has 1 unspecified atom stereocenters. The van der Waals surface area contributed by atoms with Crippen LogP contribution >= 0.6 is 0 Å². The minimum Gasteiger partial charge on any atom is -0.443 e. The topological polar surface area (TPSA) is 94.3 Å². The fourth-order valence-corrected chi connectivity index (χ4v) is 4.68. The summed E-state index contributed by atoms with van der Waals surface area (Å²) in [5.41, 5.74) is 3.10. The zero-order valence-corrected chi connectivity index (χ0v) is 22.9. The van der Waals surface area contributed by atoms with Gasteiger partial charge < -0.3 is 10.1 Å². The largest absolute Gasteiger partial charge is 0.443 e. The van der Waals surface area contributed by atoms with Gasteiger partial charge in [0.05, 0.1) is 22.8 Å².